The number of fused-ring (bicyclic) bond motifs is 1. The number of Topliss-reactive ketones (excluding diaryl/α,β-unsaturated/α-hetero) is 1. The van der Waals surface area contributed by atoms with Gasteiger partial charge in [0.25, 0.3) is 0 Å². The van der Waals surface area contributed by atoms with Gasteiger partial charge >= 0.3 is 0 Å². The number of hydrogen-bond acceptors (Lipinski definition) is 5. The summed E-state index contributed by atoms with van der Waals surface area (Å²) in [6, 6.07) is 6.67. The number of halogens is 2. The second-order valence-electron chi connectivity index (χ2n) is 8.81. The molecule has 1 N–H and O–H groups in total. The molecule has 5 nitrogen and oxygen atoms in total. The molecule has 1 aromatic heterocycles. The zero-order valence-corrected chi connectivity index (χ0v) is 19.2. The van der Waals surface area contributed by atoms with Gasteiger partial charge in [-0.05, 0) is 41.2 Å². The fraction of sp³-hybridized carbons (Fsp3) is 0.364. The molecule has 0 spiro atoms. The van der Waals surface area contributed by atoms with E-state index < -0.39 is 21.0 Å². The lowest BCUT2D eigenvalue weighted by molar-refractivity contribution is -0.118. The first kappa shape index (κ1) is 21.3. The molecule has 4 rings (SSSR count). The van der Waals surface area contributed by atoms with Gasteiger partial charge in [0.15, 0.2) is 15.6 Å². The second-order valence-corrected chi connectivity index (χ2v) is 11.8. The third-order valence-corrected chi connectivity index (χ3v) is 7.75. The third kappa shape index (κ3) is 3.77. The number of ketones is 1. The lowest BCUT2D eigenvalue weighted by Gasteiger charge is -2.35. The fourth-order valence-corrected chi connectivity index (χ4v) is 6.58. The van der Waals surface area contributed by atoms with Gasteiger partial charge in [0.1, 0.15) is 0 Å². The highest BCUT2D eigenvalue weighted by Gasteiger charge is 2.46. The summed E-state index contributed by atoms with van der Waals surface area (Å²) in [4.78, 5) is 17.6. The van der Waals surface area contributed by atoms with E-state index in [1.807, 2.05) is 13.8 Å². The molecule has 0 saturated carbocycles. The van der Waals surface area contributed by atoms with Crippen molar-refractivity contribution in [3.05, 3.63) is 69.1 Å². The first-order valence-electron chi connectivity index (χ1n) is 9.59. The highest BCUT2D eigenvalue weighted by molar-refractivity contribution is 7.91. The van der Waals surface area contributed by atoms with Crippen molar-refractivity contribution >= 4 is 44.5 Å². The number of sulfone groups is 1. The van der Waals surface area contributed by atoms with Gasteiger partial charge in [-0.3, -0.25) is 9.78 Å². The van der Waals surface area contributed by atoms with E-state index in [-0.39, 0.29) is 11.2 Å². The van der Waals surface area contributed by atoms with Crippen LogP contribution in [0, 0.1) is 5.41 Å². The summed E-state index contributed by atoms with van der Waals surface area (Å²) in [6.07, 6.45) is 5.31. The number of aromatic nitrogens is 1. The summed E-state index contributed by atoms with van der Waals surface area (Å²) >= 11 is 12.6. The molecule has 158 valence electrons. The Hall–Kier alpha value is -1.89. The van der Waals surface area contributed by atoms with Crippen LogP contribution < -0.4 is 5.32 Å². The van der Waals surface area contributed by atoms with E-state index in [0.717, 1.165) is 5.70 Å². The Kier molecular flexibility index (Phi) is 5.24. The Morgan fingerprint density at radius 1 is 1.13 bits per heavy atom. The van der Waals surface area contributed by atoms with Crippen molar-refractivity contribution < 1.29 is 13.2 Å². The summed E-state index contributed by atoms with van der Waals surface area (Å²) in [5.74, 6) is -0.821. The summed E-state index contributed by atoms with van der Waals surface area (Å²) in [7, 11) is -3.64. The fourth-order valence-electron chi connectivity index (χ4n) is 4.61. The number of carbonyl (C=O) groups is 1. The third-order valence-electron chi connectivity index (χ3n) is 5.74. The predicted molar refractivity (Wildman–Crippen MR) is 120 cm³/mol. The number of carbonyl (C=O) groups excluding carboxylic acids is 1. The van der Waals surface area contributed by atoms with Crippen LogP contribution in [0.25, 0.3) is 0 Å². The minimum Gasteiger partial charge on any atom is -0.357 e. The van der Waals surface area contributed by atoms with Crippen LogP contribution >= 0.6 is 23.2 Å². The van der Waals surface area contributed by atoms with Crippen molar-refractivity contribution in [2.45, 2.75) is 37.9 Å². The van der Waals surface area contributed by atoms with Gasteiger partial charge in [-0.2, -0.15) is 0 Å². The van der Waals surface area contributed by atoms with Crippen LogP contribution in [-0.2, 0) is 14.6 Å². The molecule has 1 aliphatic heterocycles. The normalized spacial score (nSPS) is 23.3. The maximum atomic E-state index is 13.4. The molecule has 30 heavy (non-hydrogen) atoms. The largest absolute Gasteiger partial charge is 0.357 e. The topological polar surface area (TPSA) is 76.1 Å². The van der Waals surface area contributed by atoms with Crippen LogP contribution in [0.1, 0.15) is 49.0 Å². The molecule has 1 aromatic carbocycles. The predicted octanol–water partition coefficient (Wildman–Crippen LogP) is 5.33. The molecular weight excluding hydrogens is 443 g/mol. The molecule has 0 bridgehead atoms. The van der Waals surface area contributed by atoms with E-state index in [2.05, 4.69) is 10.3 Å². The lowest BCUT2D eigenvalue weighted by atomic mass is 9.71. The maximum Gasteiger partial charge on any atom is 0.161 e. The monoisotopic (exact) mass is 464 g/mol. The Balaban J connectivity index is 2.08. The van der Waals surface area contributed by atoms with E-state index >= 15 is 0 Å². The van der Waals surface area contributed by atoms with Crippen LogP contribution in [0.4, 0.5) is 5.69 Å². The summed E-state index contributed by atoms with van der Waals surface area (Å²) in [6.45, 7) is 4.06. The summed E-state index contributed by atoms with van der Waals surface area (Å²) in [5.41, 5.74) is 2.70. The summed E-state index contributed by atoms with van der Waals surface area (Å²) < 4.78 is 26.2. The van der Waals surface area contributed by atoms with Gasteiger partial charge < -0.3 is 5.32 Å². The van der Waals surface area contributed by atoms with Crippen LogP contribution in [0.5, 0.6) is 0 Å². The molecule has 0 saturated heterocycles. The van der Waals surface area contributed by atoms with Crippen molar-refractivity contribution in [1.29, 1.82) is 0 Å². The van der Waals surface area contributed by atoms with Gasteiger partial charge in [-0.15, -0.1) is 0 Å². The number of allylic oxidation sites excluding steroid dienone is 2. The van der Waals surface area contributed by atoms with Crippen molar-refractivity contribution in [1.82, 2.24) is 4.98 Å². The molecule has 0 radical (unpaired) electrons. The second kappa shape index (κ2) is 7.36. The van der Waals surface area contributed by atoms with Crippen molar-refractivity contribution in [2.75, 3.05) is 11.6 Å². The number of hydrogen-bond donors (Lipinski definition) is 1. The number of rotatable bonds is 2. The Bertz CT molecular complexity index is 1190. The van der Waals surface area contributed by atoms with E-state index in [4.69, 9.17) is 23.2 Å². The van der Waals surface area contributed by atoms with E-state index in [9.17, 15) is 13.2 Å². The SMILES string of the molecule is CC1(C)CC(=O)C2=C(C1)Nc1cnccc1C(S(C)(=O)=O)C2c1ccc(Cl)cc1Cl. The Labute approximate surface area is 186 Å². The van der Waals surface area contributed by atoms with Crippen molar-refractivity contribution in [3.8, 4) is 0 Å². The number of anilines is 1. The van der Waals surface area contributed by atoms with Gasteiger partial charge in [0, 0.05) is 46.1 Å². The van der Waals surface area contributed by atoms with Crippen LogP contribution in [0.3, 0.4) is 0 Å². The number of nitrogens with zero attached hydrogens (tertiary/aromatic N) is 1. The first-order valence-corrected chi connectivity index (χ1v) is 12.3. The van der Waals surface area contributed by atoms with Gasteiger partial charge in [-0.25, -0.2) is 8.42 Å². The molecule has 8 heteroatoms. The minimum absolute atomic E-state index is 0.0702. The standard InChI is InChI=1S/C22H22Cl2N2O3S/c1-22(2)9-16-20(18(27)10-22)19(13-5-4-12(23)8-15(13)24)21(30(3,28)29)14-6-7-25-11-17(14)26-16/h4-8,11,19,21,26H,9-10H2,1-3H3. The lowest BCUT2D eigenvalue weighted by Crippen LogP contribution is -2.32. The smallest absolute Gasteiger partial charge is 0.161 e. The number of nitrogens with one attached hydrogen (secondary N) is 1. The number of benzene rings is 1. The quantitative estimate of drug-likeness (QED) is 0.649. The zero-order chi connectivity index (χ0) is 21.8. The van der Waals surface area contributed by atoms with Gasteiger partial charge in [0.2, 0.25) is 0 Å². The molecule has 2 aromatic rings. The van der Waals surface area contributed by atoms with Crippen molar-refractivity contribution in [3.63, 3.8) is 0 Å². The van der Waals surface area contributed by atoms with Crippen LogP contribution in [0.15, 0.2) is 47.9 Å². The summed E-state index contributed by atoms with van der Waals surface area (Å²) in [5, 5.41) is 3.14. The maximum absolute atomic E-state index is 13.4. The van der Waals surface area contributed by atoms with Crippen molar-refractivity contribution in [2.24, 2.45) is 5.41 Å². The average molecular weight is 465 g/mol. The highest BCUT2D eigenvalue weighted by Crippen LogP contribution is 2.53. The molecule has 0 amide bonds. The zero-order valence-electron chi connectivity index (χ0n) is 16.9. The minimum atomic E-state index is -3.64. The van der Waals surface area contributed by atoms with Gasteiger partial charge in [0.05, 0.1) is 17.1 Å². The van der Waals surface area contributed by atoms with Gasteiger partial charge in [-0.1, -0.05) is 43.1 Å². The average Bonchev–Trinajstić information content (AvgIpc) is 2.74. The number of pyridine rings is 1. The van der Waals surface area contributed by atoms with E-state index in [0.29, 0.717) is 45.3 Å². The molecule has 2 heterocycles. The molecule has 2 aliphatic rings. The first-order chi connectivity index (χ1) is 14.0. The molecule has 2 unspecified atom stereocenters. The van der Waals surface area contributed by atoms with E-state index in [1.54, 1.807) is 36.7 Å². The van der Waals surface area contributed by atoms with Crippen LogP contribution in [0.2, 0.25) is 10.0 Å². The Morgan fingerprint density at radius 2 is 1.87 bits per heavy atom. The highest BCUT2D eigenvalue weighted by atomic mass is 35.5. The van der Waals surface area contributed by atoms with E-state index in [1.165, 1.54) is 6.26 Å². The molecule has 1 aliphatic carbocycles. The van der Waals surface area contributed by atoms with Crippen LogP contribution in [-0.4, -0.2) is 25.4 Å². The molecular formula is C22H22Cl2N2O3S. The molecule has 2 atom stereocenters. The Morgan fingerprint density at radius 3 is 2.53 bits per heavy atom. The molecule has 0 fully saturated rings.